The van der Waals surface area contributed by atoms with Gasteiger partial charge in [-0.05, 0) is 40.5 Å². The Labute approximate surface area is 178 Å². The number of carbonyl (C=O) groups excluding carboxylic acids is 1. The number of anilines is 1. The van der Waals surface area contributed by atoms with E-state index in [1.165, 1.54) is 5.56 Å². The molecule has 0 saturated carbocycles. The molecule has 2 unspecified atom stereocenters. The van der Waals surface area contributed by atoms with Crippen LogP contribution < -0.4 is 10.2 Å². The van der Waals surface area contributed by atoms with E-state index in [2.05, 4.69) is 40.0 Å². The third-order valence-electron chi connectivity index (χ3n) is 5.19. The van der Waals surface area contributed by atoms with Crippen molar-refractivity contribution in [3.8, 4) is 5.75 Å². The fraction of sp³-hybridized carbons (Fsp3) is 0.174. The number of nitrogens with zero attached hydrogens (tertiary/aromatic N) is 1. The molecule has 4 nitrogen and oxygen atoms in total. The number of phenols is 1. The molecule has 3 aromatic carbocycles. The molecular formula is C23H21IN2O2. The fourth-order valence-corrected chi connectivity index (χ4v) is 4.17. The first-order valence-corrected chi connectivity index (χ1v) is 10.7. The summed E-state index contributed by atoms with van der Waals surface area (Å²) in [6.07, 6.45) is 0. The number of benzene rings is 3. The van der Waals surface area contributed by atoms with Gasteiger partial charge in [0.2, 0.25) is 5.91 Å². The molecule has 1 heterocycles. The second kappa shape index (κ2) is 7.93. The van der Waals surface area contributed by atoms with Gasteiger partial charge in [-0.3, -0.25) is 10.1 Å². The Balaban J connectivity index is 1.88. The van der Waals surface area contributed by atoms with Gasteiger partial charge < -0.3 is 10.0 Å². The molecule has 142 valence electrons. The van der Waals surface area contributed by atoms with Gasteiger partial charge in [0, 0.05) is 17.2 Å². The third-order valence-corrected chi connectivity index (χ3v) is 6.07. The maximum atomic E-state index is 13.3. The van der Waals surface area contributed by atoms with Crippen LogP contribution in [0.4, 0.5) is 5.69 Å². The predicted octanol–water partition coefficient (Wildman–Crippen LogP) is 4.72. The Morgan fingerprint density at radius 1 is 0.964 bits per heavy atom. The zero-order valence-electron chi connectivity index (χ0n) is 15.5. The molecule has 0 saturated heterocycles. The fourth-order valence-electron chi connectivity index (χ4n) is 3.69. The molecule has 1 aliphatic rings. The Bertz CT molecular complexity index is 989. The minimum Gasteiger partial charge on any atom is -0.508 e. The summed E-state index contributed by atoms with van der Waals surface area (Å²) < 4.78 is 0.896. The molecule has 28 heavy (non-hydrogen) atoms. The zero-order chi connectivity index (χ0) is 19.7. The van der Waals surface area contributed by atoms with Crippen molar-refractivity contribution >= 4 is 34.2 Å². The quantitative estimate of drug-likeness (QED) is 0.418. The van der Waals surface area contributed by atoms with Crippen LogP contribution in [0.3, 0.4) is 0 Å². The van der Waals surface area contributed by atoms with Crippen LogP contribution in [0.5, 0.6) is 5.75 Å². The summed E-state index contributed by atoms with van der Waals surface area (Å²) in [4.78, 5) is 15.1. The highest BCUT2D eigenvalue weighted by Crippen LogP contribution is 2.38. The number of alkyl halides is 1. The standard InChI is InChI=1S/C23H21IN2O2/c1-26-20-12-7-15(14-24)13-19(20)21(17-8-10-18(27)11-9-17)25-22(23(26)28)16-5-3-2-4-6-16/h2-13,21-22,25,27H,14H2,1H3. The van der Waals surface area contributed by atoms with Crippen molar-refractivity contribution in [2.24, 2.45) is 0 Å². The van der Waals surface area contributed by atoms with Crippen LogP contribution in [0.15, 0.2) is 72.8 Å². The van der Waals surface area contributed by atoms with E-state index in [1.54, 1.807) is 17.0 Å². The lowest BCUT2D eigenvalue weighted by Gasteiger charge is -2.23. The third kappa shape index (κ3) is 3.52. The van der Waals surface area contributed by atoms with Crippen molar-refractivity contribution in [1.29, 1.82) is 0 Å². The number of rotatable bonds is 3. The molecule has 1 aliphatic heterocycles. The Hall–Kier alpha value is -2.38. The number of halogens is 1. The topological polar surface area (TPSA) is 52.6 Å². The molecule has 2 atom stereocenters. The van der Waals surface area contributed by atoms with E-state index in [0.717, 1.165) is 26.8 Å². The van der Waals surface area contributed by atoms with E-state index < -0.39 is 6.04 Å². The van der Waals surface area contributed by atoms with Crippen LogP contribution in [-0.2, 0) is 9.22 Å². The molecule has 1 amide bonds. The zero-order valence-corrected chi connectivity index (χ0v) is 17.6. The van der Waals surface area contributed by atoms with E-state index in [0.29, 0.717) is 0 Å². The minimum atomic E-state index is -0.458. The highest BCUT2D eigenvalue weighted by Gasteiger charge is 2.34. The van der Waals surface area contributed by atoms with Gasteiger partial charge in [-0.25, -0.2) is 0 Å². The van der Waals surface area contributed by atoms with Crippen LogP contribution in [0.25, 0.3) is 0 Å². The normalized spacial score (nSPS) is 19.2. The van der Waals surface area contributed by atoms with Gasteiger partial charge >= 0.3 is 0 Å². The molecule has 0 spiro atoms. The average Bonchev–Trinajstić information content (AvgIpc) is 2.84. The summed E-state index contributed by atoms with van der Waals surface area (Å²) in [5, 5.41) is 13.3. The maximum absolute atomic E-state index is 13.3. The monoisotopic (exact) mass is 484 g/mol. The van der Waals surface area contributed by atoms with E-state index in [4.69, 9.17) is 0 Å². The van der Waals surface area contributed by atoms with Crippen LogP contribution >= 0.6 is 22.6 Å². The van der Waals surface area contributed by atoms with Gasteiger partial charge in [-0.1, -0.05) is 77.2 Å². The smallest absolute Gasteiger partial charge is 0.248 e. The lowest BCUT2D eigenvalue weighted by molar-refractivity contribution is -0.120. The van der Waals surface area contributed by atoms with E-state index in [-0.39, 0.29) is 17.7 Å². The Kier molecular flexibility index (Phi) is 5.37. The summed E-state index contributed by atoms with van der Waals surface area (Å²) in [6.45, 7) is 0. The van der Waals surface area contributed by atoms with Gasteiger partial charge in [-0.2, -0.15) is 0 Å². The van der Waals surface area contributed by atoms with Gasteiger partial charge in [0.25, 0.3) is 0 Å². The Morgan fingerprint density at radius 2 is 1.64 bits per heavy atom. The number of likely N-dealkylation sites (N-methyl/N-ethyl adjacent to an activating group) is 1. The van der Waals surface area contributed by atoms with Crippen molar-refractivity contribution in [3.05, 3.63) is 95.1 Å². The van der Waals surface area contributed by atoms with E-state index in [1.807, 2.05) is 55.6 Å². The summed E-state index contributed by atoms with van der Waals surface area (Å²) in [6, 6.07) is 22.6. The van der Waals surface area contributed by atoms with Crippen molar-refractivity contribution in [2.45, 2.75) is 16.5 Å². The van der Waals surface area contributed by atoms with Crippen molar-refractivity contribution in [2.75, 3.05) is 11.9 Å². The van der Waals surface area contributed by atoms with Crippen molar-refractivity contribution in [3.63, 3.8) is 0 Å². The van der Waals surface area contributed by atoms with Gasteiger partial charge in [-0.15, -0.1) is 0 Å². The number of hydrogen-bond donors (Lipinski definition) is 2. The summed E-state index contributed by atoms with van der Waals surface area (Å²) >= 11 is 2.35. The number of nitrogens with one attached hydrogen (secondary N) is 1. The predicted molar refractivity (Wildman–Crippen MR) is 120 cm³/mol. The van der Waals surface area contributed by atoms with Crippen molar-refractivity contribution in [1.82, 2.24) is 5.32 Å². The van der Waals surface area contributed by atoms with Crippen LogP contribution in [0.1, 0.15) is 34.3 Å². The molecule has 4 rings (SSSR count). The first-order chi connectivity index (χ1) is 13.6. The number of aromatic hydroxyl groups is 1. The SMILES string of the molecule is CN1C(=O)C(c2ccccc2)NC(c2ccc(O)cc2)c2cc(CI)ccc21. The van der Waals surface area contributed by atoms with Gasteiger partial charge in [0.1, 0.15) is 11.8 Å². The second-order valence-electron chi connectivity index (χ2n) is 6.96. The van der Waals surface area contributed by atoms with Crippen molar-refractivity contribution < 1.29 is 9.90 Å². The molecule has 0 aliphatic carbocycles. The first-order valence-electron chi connectivity index (χ1n) is 9.15. The molecule has 0 bridgehead atoms. The summed E-state index contributed by atoms with van der Waals surface area (Å²) in [5.74, 6) is 0.238. The lowest BCUT2D eigenvalue weighted by Crippen LogP contribution is -2.37. The molecule has 3 aromatic rings. The molecule has 5 heteroatoms. The van der Waals surface area contributed by atoms with Gasteiger partial charge in [0.15, 0.2) is 0 Å². The van der Waals surface area contributed by atoms with Crippen LogP contribution in [-0.4, -0.2) is 18.1 Å². The largest absolute Gasteiger partial charge is 0.508 e. The number of carbonyl (C=O) groups is 1. The lowest BCUT2D eigenvalue weighted by atomic mass is 9.95. The van der Waals surface area contributed by atoms with E-state index in [9.17, 15) is 9.90 Å². The summed E-state index contributed by atoms with van der Waals surface area (Å²) in [5.41, 5.74) is 5.12. The molecule has 0 aromatic heterocycles. The second-order valence-corrected chi connectivity index (χ2v) is 7.72. The minimum absolute atomic E-state index is 0.0101. The summed E-state index contributed by atoms with van der Waals surface area (Å²) in [7, 11) is 1.84. The highest BCUT2D eigenvalue weighted by atomic mass is 127. The van der Waals surface area contributed by atoms with E-state index >= 15 is 0 Å². The average molecular weight is 484 g/mol. The number of hydrogen-bond acceptors (Lipinski definition) is 3. The number of amides is 1. The van der Waals surface area contributed by atoms with Crippen LogP contribution in [0, 0.1) is 0 Å². The molecule has 0 radical (unpaired) electrons. The highest BCUT2D eigenvalue weighted by molar-refractivity contribution is 14.1. The number of phenolic OH excluding ortho intramolecular Hbond substituents is 1. The number of fused-ring (bicyclic) bond motifs is 1. The molecule has 0 fully saturated rings. The molecular weight excluding hydrogens is 463 g/mol. The first kappa shape index (κ1) is 19.0. The van der Waals surface area contributed by atoms with Crippen LogP contribution in [0.2, 0.25) is 0 Å². The maximum Gasteiger partial charge on any atom is 0.248 e. The van der Waals surface area contributed by atoms with Gasteiger partial charge in [0.05, 0.1) is 6.04 Å². The Morgan fingerprint density at radius 3 is 2.32 bits per heavy atom. The molecule has 2 N–H and O–H groups in total.